The molecule has 11 heteroatoms. The highest BCUT2D eigenvalue weighted by atomic mass is 32.2. The van der Waals surface area contributed by atoms with E-state index < -0.39 is 27.2 Å². The molecule has 44 heavy (non-hydrogen) atoms. The number of halogens is 1. The summed E-state index contributed by atoms with van der Waals surface area (Å²) in [5.74, 6) is -0.905. The lowest BCUT2D eigenvalue weighted by molar-refractivity contribution is -0.133. The second-order valence-corrected chi connectivity index (χ2v) is 14.1. The van der Waals surface area contributed by atoms with Crippen LogP contribution >= 0.6 is 0 Å². The first-order chi connectivity index (χ1) is 21.0. The van der Waals surface area contributed by atoms with E-state index in [1.807, 2.05) is 18.2 Å². The number of urea groups is 1. The van der Waals surface area contributed by atoms with E-state index in [2.05, 4.69) is 22.3 Å². The van der Waals surface area contributed by atoms with Gasteiger partial charge in [-0.2, -0.15) is 0 Å². The largest absolute Gasteiger partial charge is 0.338 e. The van der Waals surface area contributed by atoms with E-state index in [0.717, 1.165) is 11.8 Å². The molecular formula is C33H35FN4O5S. The molecular weight excluding hydrogens is 583 g/mol. The SMILES string of the molecule is CS(=O)(=O)c1ccc(CN2C(=O)NC3(CCN(CC4CN(C(=O)c5ccccc5F)CC4c4ccccc4)CC3)C2=O)cc1. The van der Waals surface area contributed by atoms with Gasteiger partial charge in [0.2, 0.25) is 0 Å². The third kappa shape index (κ3) is 5.86. The minimum Gasteiger partial charge on any atom is -0.338 e. The Morgan fingerprint density at radius 2 is 1.59 bits per heavy atom. The zero-order valence-electron chi connectivity index (χ0n) is 24.5. The smallest absolute Gasteiger partial charge is 0.325 e. The number of hydrogen-bond donors (Lipinski definition) is 1. The third-order valence-electron chi connectivity index (χ3n) is 9.20. The number of rotatable bonds is 7. The predicted octanol–water partition coefficient (Wildman–Crippen LogP) is 3.67. The van der Waals surface area contributed by atoms with Crippen LogP contribution in [0.1, 0.15) is 40.2 Å². The predicted molar refractivity (Wildman–Crippen MR) is 162 cm³/mol. The molecule has 3 aromatic carbocycles. The van der Waals surface area contributed by atoms with Crippen molar-refractivity contribution < 1.29 is 27.2 Å². The van der Waals surface area contributed by atoms with Gasteiger partial charge in [-0.1, -0.05) is 54.6 Å². The van der Waals surface area contributed by atoms with Crippen LogP contribution in [0.4, 0.5) is 9.18 Å². The molecule has 1 spiro atoms. The summed E-state index contributed by atoms with van der Waals surface area (Å²) in [6.45, 7) is 2.96. The summed E-state index contributed by atoms with van der Waals surface area (Å²) in [6.07, 6.45) is 2.05. The van der Waals surface area contributed by atoms with Crippen LogP contribution < -0.4 is 5.32 Å². The molecule has 3 aliphatic heterocycles. The van der Waals surface area contributed by atoms with Crippen molar-refractivity contribution in [1.29, 1.82) is 0 Å². The summed E-state index contributed by atoms with van der Waals surface area (Å²) in [5, 5.41) is 2.95. The molecule has 0 radical (unpaired) electrons. The van der Waals surface area contributed by atoms with Gasteiger partial charge in [0.05, 0.1) is 17.0 Å². The minimum absolute atomic E-state index is 0.0624. The van der Waals surface area contributed by atoms with Crippen LogP contribution in [0, 0.1) is 11.7 Å². The molecule has 3 saturated heterocycles. The van der Waals surface area contributed by atoms with Gasteiger partial charge >= 0.3 is 6.03 Å². The first kappa shape index (κ1) is 30.0. The van der Waals surface area contributed by atoms with E-state index in [4.69, 9.17) is 0 Å². The summed E-state index contributed by atoms with van der Waals surface area (Å²) in [5.41, 5.74) is 0.902. The van der Waals surface area contributed by atoms with Gasteiger partial charge in [0, 0.05) is 44.9 Å². The number of imide groups is 1. The number of amides is 4. The van der Waals surface area contributed by atoms with Crippen LogP contribution in [-0.2, 0) is 21.2 Å². The fraction of sp³-hybridized carbons (Fsp3) is 0.364. The number of hydrogen-bond acceptors (Lipinski definition) is 6. The van der Waals surface area contributed by atoms with Crippen LogP contribution in [-0.4, -0.2) is 85.5 Å². The zero-order valence-corrected chi connectivity index (χ0v) is 25.3. The molecule has 1 N–H and O–H groups in total. The molecule has 3 aliphatic rings. The van der Waals surface area contributed by atoms with E-state index in [9.17, 15) is 27.2 Å². The van der Waals surface area contributed by atoms with Crippen LogP contribution in [0.15, 0.2) is 83.8 Å². The maximum atomic E-state index is 14.5. The average molecular weight is 619 g/mol. The highest BCUT2D eigenvalue weighted by Crippen LogP contribution is 2.36. The van der Waals surface area contributed by atoms with Crippen molar-refractivity contribution in [3.8, 4) is 0 Å². The average Bonchev–Trinajstić information content (AvgIpc) is 3.53. The molecule has 9 nitrogen and oxygen atoms in total. The van der Waals surface area contributed by atoms with E-state index >= 15 is 0 Å². The molecule has 0 saturated carbocycles. The molecule has 3 heterocycles. The molecule has 230 valence electrons. The van der Waals surface area contributed by atoms with Crippen LogP contribution in [0.5, 0.6) is 0 Å². The van der Waals surface area contributed by atoms with Gasteiger partial charge < -0.3 is 15.1 Å². The maximum absolute atomic E-state index is 14.5. The van der Waals surface area contributed by atoms with Gasteiger partial charge in [0.15, 0.2) is 9.84 Å². The first-order valence-electron chi connectivity index (χ1n) is 14.8. The van der Waals surface area contributed by atoms with Crippen LogP contribution in [0.2, 0.25) is 0 Å². The molecule has 4 amide bonds. The minimum atomic E-state index is -3.34. The van der Waals surface area contributed by atoms with Gasteiger partial charge in [0.1, 0.15) is 11.4 Å². The highest BCUT2D eigenvalue weighted by Gasteiger charge is 2.52. The number of carbonyl (C=O) groups excluding carboxylic acids is 3. The van der Waals surface area contributed by atoms with Crippen molar-refractivity contribution in [2.75, 3.05) is 39.0 Å². The molecule has 3 aromatic rings. The number of nitrogens with one attached hydrogen (secondary N) is 1. The lowest BCUT2D eigenvalue weighted by Gasteiger charge is -2.38. The first-order valence-corrected chi connectivity index (χ1v) is 16.7. The summed E-state index contributed by atoms with van der Waals surface area (Å²) >= 11 is 0. The fourth-order valence-corrected chi connectivity index (χ4v) is 7.37. The van der Waals surface area contributed by atoms with Crippen molar-refractivity contribution in [3.05, 3.63) is 101 Å². The molecule has 6 rings (SSSR count). The Labute approximate surface area is 256 Å². The molecule has 3 fully saturated rings. The number of piperidine rings is 1. The van der Waals surface area contributed by atoms with Gasteiger partial charge in [-0.3, -0.25) is 14.5 Å². The summed E-state index contributed by atoms with van der Waals surface area (Å²) in [4.78, 5) is 45.2. The van der Waals surface area contributed by atoms with Gasteiger partial charge in [0.25, 0.3) is 11.8 Å². The summed E-state index contributed by atoms with van der Waals surface area (Å²) < 4.78 is 38.0. The Bertz CT molecular complexity index is 1670. The maximum Gasteiger partial charge on any atom is 0.325 e. The normalized spacial score (nSPS) is 22.0. The number of carbonyl (C=O) groups is 3. The molecule has 0 bridgehead atoms. The Balaban J connectivity index is 1.11. The Morgan fingerprint density at radius 3 is 2.25 bits per heavy atom. The van der Waals surface area contributed by atoms with Gasteiger partial charge in [-0.15, -0.1) is 0 Å². The lowest BCUT2D eigenvalue weighted by Crippen LogP contribution is -2.55. The quantitative estimate of drug-likeness (QED) is 0.405. The number of nitrogens with zero attached hydrogens (tertiary/aromatic N) is 3. The van der Waals surface area contributed by atoms with E-state index in [-0.39, 0.29) is 40.7 Å². The lowest BCUT2D eigenvalue weighted by atomic mass is 9.85. The highest BCUT2D eigenvalue weighted by molar-refractivity contribution is 7.90. The summed E-state index contributed by atoms with van der Waals surface area (Å²) in [7, 11) is -3.34. The Kier molecular flexibility index (Phi) is 8.02. The van der Waals surface area contributed by atoms with Gasteiger partial charge in [-0.05, 0) is 54.2 Å². The monoisotopic (exact) mass is 618 g/mol. The Morgan fingerprint density at radius 1 is 0.932 bits per heavy atom. The zero-order chi connectivity index (χ0) is 31.1. The van der Waals surface area contributed by atoms with Crippen molar-refractivity contribution in [3.63, 3.8) is 0 Å². The van der Waals surface area contributed by atoms with E-state index in [1.54, 1.807) is 29.2 Å². The second-order valence-electron chi connectivity index (χ2n) is 12.1. The summed E-state index contributed by atoms with van der Waals surface area (Å²) in [6, 6.07) is 21.9. The van der Waals surface area contributed by atoms with Crippen molar-refractivity contribution >= 4 is 27.7 Å². The molecule has 2 unspecified atom stereocenters. The standard InChI is InChI=1S/C33H35FN4O5S/c1-44(42,43)26-13-11-23(12-14-26)19-38-31(40)33(35-32(38)41)15-17-36(18-16-33)20-25-21-37(22-28(25)24-7-3-2-4-8-24)30(39)27-9-5-6-10-29(27)34/h2-14,25,28H,15-22H2,1H3,(H,35,41). The topological polar surface area (TPSA) is 107 Å². The van der Waals surface area contributed by atoms with E-state index in [0.29, 0.717) is 51.1 Å². The Hall–Kier alpha value is -4.09. The number of benzene rings is 3. The third-order valence-corrected chi connectivity index (χ3v) is 10.3. The van der Waals surface area contributed by atoms with Crippen molar-refractivity contribution in [1.82, 2.24) is 20.0 Å². The molecule has 0 aliphatic carbocycles. The molecule has 0 aromatic heterocycles. The number of likely N-dealkylation sites (tertiary alicyclic amines) is 2. The van der Waals surface area contributed by atoms with Crippen LogP contribution in [0.25, 0.3) is 0 Å². The van der Waals surface area contributed by atoms with Crippen molar-refractivity contribution in [2.45, 2.75) is 35.7 Å². The second kappa shape index (κ2) is 11.8. The van der Waals surface area contributed by atoms with E-state index in [1.165, 1.54) is 29.2 Å². The fourth-order valence-electron chi connectivity index (χ4n) is 6.74. The molecule has 2 atom stereocenters. The van der Waals surface area contributed by atoms with Crippen molar-refractivity contribution in [2.24, 2.45) is 5.92 Å². The number of sulfone groups is 1. The van der Waals surface area contributed by atoms with Crippen LogP contribution in [0.3, 0.4) is 0 Å². The van der Waals surface area contributed by atoms with Gasteiger partial charge in [-0.25, -0.2) is 17.6 Å².